The molecule has 7 nitrogen and oxygen atoms in total. The highest BCUT2D eigenvalue weighted by molar-refractivity contribution is 9.11. The van der Waals surface area contributed by atoms with Crippen LogP contribution in [0, 0.1) is 6.92 Å². The number of aryl methyl sites for hydroxylation is 1. The molecule has 0 radical (unpaired) electrons. The van der Waals surface area contributed by atoms with Crippen molar-refractivity contribution in [3.8, 4) is 17.2 Å². The summed E-state index contributed by atoms with van der Waals surface area (Å²) in [6.45, 7) is 6.08. The van der Waals surface area contributed by atoms with Gasteiger partial charge in [-0.05, 0) is 98.3 Å². The minimum atomic E-state index is -1.01. The zero-order valence-corrected chi connectivity index (χ0v) is 26.3. The lowest BCUT2D eigenvalue weighted by Crippen LogP contribution is -2.08. The van der Waals surface area contributed by atoms with Gasteiger partial charge in [0.15, 0.2) is 11.5 Å². The van der Waals surface area contributed by atoms with E-state index in [1.54, 1.807) is 48.5 Å². The van der Waals surface area contributed by atoms with Crippen LogP contribution in [0.2, 0.25) is 0 Å². The van der Waals surface area contributed by atoms with Gasteiger partial charge in [-0.15, -0.1) is 0 Å². The third kappa shape index (κ3) is 7.46. The first kappa shape index (κ1) is 31.0. The number of ketones is 1. The van der Waals surface area contributed by atoms with Crippen molar-refractivity contribution in [1.82, 2.24) is 0 Å². The molecule has 0 aromatic heterocycles. The van der Waals surface area contributed by atoms with Gasteiger partial charge in [0.1, 0.15) is 18.1 Å². The molecule has 0 bridgehead atoms. The van der Waals surface area contributed by atoms with Crippen molar-refractivity contribution in [1.29, 1.82) is 0 Å². The standard InChI is InChI=1S/C33H28Br2O7/c1-18(2)24-15-29(42-32-26(34)12-21(13-27(32)35)14-30(36)37)25(31(38)23-6-4-5-19(3)11-23)16-28(24)41-17-20-7-9-22(10-8-20)33(39)40/h4-13,15-16,18H,14,17H2,1-3H3,(H,36,37)(H,39,40). The van der Waals surface area contributed by atoms with E-state index in [0.717, 1.165) is 16.7 Å². The summed E-state index contributed by atoms with van der Waals surface area (Å²) in [5, 5.41) is 18.4. The first-order chi connectivity index (χ1) is 19.9. The zero-order valence-electron chi connectivity index (χ0n) is 23.1. The van der Waals surface area contributed by atoms with Gasteiger partial charge in [-0.3, -0.25) is 9.59 Å². The molecule has 0 aliphatic carbocycles. The molecule has 0 fully saturated rings. The number of carboxylic acids is 2. The number of benzene rings is 4. The molecule has 0 atom stereocenters. The molecule has 0 saturated carbocycles. The Kier molecular flexibility index (Phi) is 9.85. The Labute approximate surface area is 260 Å². The van der Waals surface area contributed by atoms with E-state index in [9.17, 15) is 24.6 Å². The second kappa shape index (κ2) is 13.4. The molecule has 2 N–H and O–H groups in total. The second-order valence-corrected chi connectivity index (χ2v) is 11.8. The molecule has 0 aliphatic rings. The van der Waals surface area contributed by atoms with Crippen LogP contribution in [0.15, 0.2) is 81.7 Å². The van der Waals surface area contributed by atoms with Crippen molar-refractivity contribution in [3.05, 3.63) is 121 Å². The lowest BCUT2D eigenvalue weighted by atomic mass is 9.95. The number of hydrogen-bond donors (Lipinski definition) is 2. The number of ether oxygens (including phenoxy) is 2. The average Bonchev–Trinajstić information content (AvgIpc) is 2.93. The minimum absolute atomic E-state index is 0.00434. The Morgan fingerprint density at radius 3 is 2.05 bits per heavy atom. The normalized spacial score (nSPS) is 10.9. The van der Waals surface area contributed by atoms with E-state index in [4.69, 9.17) is 9.47 Å². The first-order valence-corrected chi connectivity index (χ1v) is 14.6. The van der Waals surface area contributed by atoms with Gasteiger partial charge in [0.2, 0.25) is 0 Å². The van der Waals surface area contributed by atoms with E-state index in [1.165, 1.54) is 12.1 Å². The van der Waals surface area contributed by atoms with Crippen LogP contribution in [0.4, 0.5) is 0 Å². The molecule has 0 aliphatic heterocycles. The fraction of sp³-hybridized carbons (Fsp3) is 0.182. The number of aromatic carboxylic acids is 1. The molecular weight excluding hydrogens is 668 g/mol. The van der Waals surface area contributed by atoms with Gasteiger partial charge in [0.05, 0.1) is 26.5 Å². The summed E-state index contributed by atoms with van der Waals surface area (Å²) in [5.41, 5.74) is 4.05. The van der Waals surface area contributed by atoms with E-state index in [2.05, 4.69) is 31.9 Å². The molecule has 0 amide bonds. The Bertz CT molecular complexity index is 1640. The van der Waals surface area contributed by atoms with E-state index < -0.39 is 11.9 Å². The van der Waals surface area contributed by atoms with Crippen LogP contribution in [-0.2, 0) is 17.8 Å². The number of carboxylic acid groups (broad SMARTS) is 2. The highest BCUT2D eigenvalue weighted by Gasteiger charge is 2.23. The third-order valence-corrected chi connectivity index (χ3v) is 7.66. The van der Waals surface area contributed by atoms with E-state index >= 15 is 0 Å². The maximum Gasteiger partial charge on any atom is 0.335 e. The van der Waals surface area contributed by atoms with Crippen LogP contribution in [0.5, 0.6) is 17.2 Å². The molecule has 4 aromatic rings. The number of carbonyl (C=O) groups excluding carboxylic acids is 1. The molecule has 0 spiro atoms. The molecule has 42 heavy (non-hydrogen) atoms. The van der Waals surface area contributed by atoms with E-state index in [0.29, 0.717) is 37.3 Å². The number of carbonyl (C=O) groups is 3. The quantitative estimate of drug-likeness (QED) is 0.151. The number of halogens is 2. The topological polar surface area (TPSA) is 110 Å². The Morgan fingerprint density at radius 1 is 0.810 bits per heavy atom. The maximum absolute atomic E-state index is 13.9. The molecule has 4 rings (SSSR count). The molecule has 216 valence electrons. The van der Waals surface area contributed by atoms with Crippen LogP contribution in [0.1, 0.15) is 68.3 Å². The third-order valence-electron chi connectivity index (χ3n) is 6.48. The molecule has 0 heterocycles. The van der Waals surface area contributed by atoms with Crippen LogP contribution < -0.4 is 9.47 Å². The van der Waals surface area contributed by atoms with Gasteiger partial charge in [-0.25, -0.2) is 4.79 Å². The molecule has 9 heteroatoms. The molecular formula is C33H28Br2O7. The van der Waals surface area contributed by atoms with Crippen LogP contribution in [0.25, 0.3) is 0 Å². The number of hydrogen-bond acceptors (Lipinski definition) is 5. The molecule has 0 unspecified atom stereocenters. The average molecular weight is 696 g/mol. The Hall–Kier alpha value is -3.95. The largest absolute Gasteiger partial charge is 0.489 e. The number of rotatable bonds is 11. The SMILES string of the molecule is Cc1cccc(C(=O)c2cc(OCc3ccc(C(=O)O)cc3)c(C(C)C)cc2Oc2c(Br)cc(CC(=O)O)cc2Br)c1. The molecule has 4 aromatic carbocycles. The van der Waals surface area contributed by atoms with E-state index in [1.807, 2.05) is 32.9 Å². The fourth-order valence-corrected chi connectivity index (χ4v) is 5.80. The number of aliphatic carboxylic acids is 1. The van der Waals surface area contributed by atoms with Gasteiger partial charge in [-0.1, -0.05) is 49.7 Å². The van der Waals surface area contributed by atoms with Crippen molar-refractivity contribution in [2.45, 2.75) is 39.7 Å². The van der Waals surface area contributed by atoms with Crippen LogP contribution >= 0.6 is 31.9 Å². The predicted octanol–water partition coefficient (Wildman–Crippen LogP) is 8.57. The summed E-state index contributed by atoms with van der Waals surface area (Å²) >= 11 is 6.99. The summed E-state index contributed by atoms with van der Waals surface area (Å²) in [4.78, 5) is 36.3. The summed E-state index contributed by atoms with van der Waals surface area (Å²) in [5.74, 6) is -0.998. The van der Waals surface area contributed by atoms with Crippen molar-refractivity contribution >= 4 is 49.6 Å². The van der Waals surface area contributed by atoms with Gasteiger partial charge in [-0.2, -0.15) is 0 Å². The predicted molar refractivity (Wildman–Crippen MR) is 166 cm³/mol. The van der Waals surface area contributed by atoms with Crippen LogP contribution in [0.3, 0.4) is 0 Å². The van der Waals surface area contributed by atoms with Crippen molar-refractivity contribution in [2.75, 3.05) is 0 Å². The first-order valence-electron chi connectivity index (χ1n) is 13.0. The highest BCUT2D eigenvalue weighted by atomic mass is 79.9. The summed E-state index contributed by atoms with van der Waals surface area (Å²) in [6.07, 6.45) is -0.156. The molecule has 0 saturated heterocycles. The van der Waals surface area contributed by atoms with Gasteiger partial charge in [0.25, 0.3) is 0 Å². The lowest BCUT2D eigenvalue weighted by Gasteiger charge is -2.20. The van der Waals surface area contributed by atoms with Gasteiger partial charge < -0.3 is 19.7 Å². The summed E-state index contributed by atoms with van der Waals surface area (Å²) in [6, 6.07) is 20.5. The van der Waals surface area contributed by atoms with Gasteiger partial charge >= 0.3 is 11.9 Å². The smallest absolute Gasteiger partial charge is 0.335 e. The monoisotopic (exact) mass is 694 g/mol. The van der Waals surface area contributed by atoms with Crippen LogP contribution in [-0.4, -0.2) is 27.9 Å². The fourth-order valence-electron chi connectivity index (χ4n) is 4.36. The second-order valence-electron chi connectivity index (χ2n) is 10.1. The maximum atomic E-state index is 13.9. The Balaban J connectivity index is 1.78. The minimum Gasteiger partial charge on any atom is -0.489 e. The van der Waals surface area contributed by atoms with Crippen molar-refractivity contribution in [3.63, 3.8) is 0 Å². The summed E-state index contributed by atoms with van der Waals surface area (Å²) in [7, 11) is 0. The van der Waals surface area contributed by atoms with Crippen molar-refractivity contribution < 1.29 is 34.1 Å². The lowest BCUT2D eigenvalue weighted by molar-refractivity contribution is -0.136. The summed E-state index contributed by atoms with van der Waals surface area (Å²) < 4.78 is 13.6. The zero-order chi connectivity index (χ0) is 30.6. The highest BCUT2D eigenvalue weighted by Crippen LogP contribution is 2.42. The Morgan fingerprint density at radius 2 is 1.48 bits per heavy atom. The van der Waals surface area contributed by atoms with Gasteiger partial charge in [0, 0.05) is 11.1 Å². The van der Waals surface area contributed by atoms with E-state index in [-0.39, 0.29) is 35.9 Å². The van der Waals surface area contributed by atoms with Crippen molar-refractivity contribution in [2.24, 2.45) is 0 Å².